The Kier molecular flexibility index (Phi) is 4.86. The highest BCUT2D eigenvalue weighted by Crippen LogP contribution is 2.37. The molecule has 1 aromatic carbocycles. The fourth-order valence-electron chi connectivity index (χ4n) is 2.68. The maximum Gasteiger partial charge on any atom is 0.230 e. The van der Waals surface area contributed by atoms with Gasteiger partial charge in [0.1, 0.15) is 0 Å². The molecular formula is C15H17BrClNO2. The number of amides is 2. The van der Waals surface area contributed by atoms with Crippen molar-refractivity contribution in [2.24, 2.45) is 11.8 Å². The van der Waals surface area contributed by atoms with E-state index in [9.17, 15) is 9.59 Å². The van der Waals surface area contributed by atoms with Gasteiger partial charge in [0.2, 0.25) is 11.8 Å². The molecule has 108 valence electrons. The van der Waals surface area contributed by atoms with Gasteiger partial charge in [0.25, 0.3) is 0 Å². The Bertz CT molecular complexity index is 545. The third-order valence-electron chi connectivity index (χ3n) is 3.59. The van der Waals surface area contributed by atoms with Crippen molar-refractivity contribution in [2.45, 2.75) is 32.6 Å². The van der Waals surface area contributed by atoms with Gasteiger partial charge in [-0.05, 0) is 46.0 Å². The topological polar surface area (TPSA) is 46.2 Å². The third-order valence-corrected chi connectivity index (χ3v) is 4.80. The second-order valence-electron chi connectivity index (χ2n) is 5.63. The van der Waals surface area contributed by atoms with E-state index < -0.39 is 0 Å². The molecule has 1 aromatic rings. The molecule has 2 unspecified atom stereocenters. The first-order valence-corrected chi connectivity index (χ1v) is 7.84. The maximum atomic E-state index is 12.1. The zero-order chi connectivity index (χ0) is 14.9. The summed E-state index contributed by atoms with van der Waals surface area (Å²) in [5.41, 5.74) is 0.982. The predicted molar refractivity (Wildman–Crippen MR) is 82.6 cm³/mol. The van der Waals surface area contributed by atoms with Crippen molar-refractivity contribution >= 4 is 39.3 Å². The Labute approximate surface area is 132 Å². The highest BCUT2D eigenvalue weighted by atomic mass is 79.9. The molecule has 1 saturated heterocycles. The van der Waals surface area contributed by atoms with Gasteiger partial charge in [-0.25, -0.2) is 0 Å². The summed E-state index contributed by atoms with van der Waals surface area (Å²) in [4.78, 5) is 23.8. The smallest absolute Gasteiger partial charge is 0.230 e. The van der Waals surface area contributed by atoms with Crippen molar-refractivity contribution in [3.63, 3.8) is 0 Å². The molecule has 3 nitrogen and oxygen atoms in total. The minimum Gasteiger partial charge on any atom is -0.296 e. The number of hydrogen-bond donors (Lipinski definition) is 1. The SMILES string of the molecule is CC(C)CC1C(=O)NC(=O)CC1c1ccc(Cl)c(Br)c1. The highest BCUT2D eigenvalue weighted by molar-refractivity contribution is 9.10. The molecule has 2 rings (SSSR count). The highest BCUT2D eigenvalue weighted by Gasteiger charge is 2.37. The summed E-state index contributed by atoms with van der Waals surface area (Å²) in [5, 5.41) is 3.07. The molecule has 1 fully saturated rings. The molecule has 0 aliphatic carbocycles. The Morgan fingerprint density at radius 2 is 2.10 bits per heavy atom. The van der Waals surface area contributed by atoms with Crippen LogP contribution in [0.25, 0.3) is 0 Å². The van der Waals surface area contributed by atoms with E-state index in [0.29, 0.717) is 17.4 Å². The molecule has 1 N–H and O–H groups in total. The van der Waals surface area contributed by atoms with Gasteiger partial charge in [0.15, 0.2) is 0 Å². The molecule has 0 radical (unpaired) electrons. The average molecular weight is 359 g/mol. The molecule has 20 heavy (non-hydrogen) atoms. The van der Waals surface area contributed by atoms with E-state index in [1.165, 1.54) is 0 Å². The number of piperidine rings is 1. The van der Waals surface area contributed by atoms with Crippen molar-refractivity contribution in [1.29, 1.82) is 0 Å². The molecule has 0 aromatic heterocycles. The number of hydrogen-bond acceptors (Lipinski definition) is 2. The second-order valence-corrected chi connectivity index (χ2v) is 6.89. The second kappa shape index (κ2) is 6.27. The molecule has 0 bridgehead atoms. The maximum absolute atomic E-state index is 12.1. The quantitative estimate of drug-likeness (QED) is 0.833. The standard InChI is InChI=1S/C15H17BrClNO2/c1-8(2)5-11-10(7-14(19)18-15(11)20)9-3-4-13(17)12(16)6-9/h3-4,6,8,10-11H,5,7H2,1-2H3,(H,18,19,20). The van der Waals surface area contributed by atoms with Crippen LogP contribution in [0.5, 0.6) is 0 Å². The molecule has 2 amide bonds. The van der Waals surface area contributed by atoms with Crippen molar-refractivity contribution in [2.75, 3.05) is 0 Å². The first-order valence-electron chi connectivity index (χ1n) is 6.67. The zero-order valence-electron chi connectivity index (χ0n) is 11.5. The minimum atomic E-state index is -0.203. The number of nitrogens with one attached hydrogen (secondary N) is 1. The van der Waals surface area contributed by atoms with Gasteiger partial charge in [-0.2, -0.15) is 0 Å². The number of carbonyl (C=O) groups excluding carboxylic acids is 2. The average Bonchev–Trinajstić information content (AvgIpc) is 2.35. The van der Waals surface area contributed by atoms with Crippen LogP contribution in [0.15, 0.2) is 22.7 Å². The molecular weight excluding hydrogens is 342 g/mol. The van der Waals surface area contributed by atoms with Crippen LogP contribution in [0.2, 0.25) is 5.02 Å². The van der Waals surface area contributed by atoms with Crippen molar-refractivity contribution in [3.8, 4) is 0 Å². The van der Waals surface area contributed by atoms with E-state index in [0.717, 1.165) is 16.5 Å². The molecule has 0 spiro atoms. The van der Waals surface area contributed by atoms with Gasteiger partial charge in [-0.15, -0.1) is 0 Å². The zero-order valence-corrected chi connectivity index (χ0v) is 13.8. The number of rotatable bonds is 3. The number of imide groups is 1. The Morgan fingerprint density at radius 3 is 2.70 bits per heavy atom. The van der Waals surface area contributed by atoms with Gasteiger partial charge in [0.05, 0.1) is 5.02 Å². The lowest BCUT2D eigenvalue weighted by Crippen LogP contribution is -2.45. The Morgan fingerprint density at radius 1 is 1.40 bits per heavy atom. The summed E-state index contributed by atoms with van der Waals surface area (Å²) in [5.74, 6) is -0.206. The molecule has 1 heterocycles. The van der Waals surface area contributed by atoms with E-state index in [4.69, 9.17) is 11.6 Å². The van der Waals surface area contributed by atoms with Crippen LogP contribution in [-0.4, -0.2) is 11.8 Å². The first-order chi connectivity index (χ1) is 9.38. The lowest BCUT2D eigenvalue weighted by atomic mass is 9.76. The van der Waals surface area contributed by atoms with Crippen molar-refractivity contribution < 1.29 is 9.59 Å². The van der Waals surface area contributed by atoms with Crippen LogP contribution in [0.4, 0.5) is 0 Å². The summed E-state index contributed by atoms with van der Waals surface area (Å²) in [6.45, 7) is 4.16. The lowest BCUT2D eigenvalue weighted by Gasteiger charge is -2.31. The summed E-state index contributed by atoms with van der Waals surface area (Å²) in [7, 11) is 0. The van der Waals surface area contributed by atoms with Crippen LogP contribution in [0, 0.1) is 11.8 Å². The van der Waals surface area contributed by atoms with Crippen LogP contribution in [0.1, 0.15) is 38.2 Å². The number of halogens is 2. The summed E-state index contributed by atoms with van der Waals surface area (Å²) in [6, 6.07) is 5.60. The summed E-state index contributed by atoms with van der Waals surface area (Å²) < 4.78 is 0.790. The van der Waals surface area contributed by atoms with Gasteiger partial charge in [0, 0.05) is 22.7 Å². The van der Waals surface area contributed by atoms with Crippen LogP contribution in [-0.2, 0) is 9.59 Å². The molecule has 5 heteroatoms. The van der Waals surface area contributed by atoms with Crippen molar-refractivity contribution in [3.05, 3.63) is 33.3 Å². The molecule has 1 aliphatic heterocycles. The first kappa shape index (κ1) is 15.5. The van der Waals surface area contributed by atoms with Crippen LogP contribution in [0.3, 0.4) is 0 Å². The third kappa shape index (κ3) is 3.41. The van der Waals surface area contributed by atoms with E-state index in [1.807, 2.05) is 12.1 Å². The molecule has 0 saturated carbocycles. The van der Waals surface area contributed by atoms with E-state index in [1.54, 1.807) is 6.07 Å². The van der Waals surface area contributed by atoms with E-state index in [-0.39, 0.29) is 23.7 Å². The van der Waals surface area contributed by atoms with Gasteiger partial charge >= 0.3 is 0 Å². The summed E-state index contributed by atoms with van der Waals surface area (Å²) in [6.07, 6.45) is 1.11. The Hall–Kier alpha value is -0.870. The predicted octanol–water partition coefficient (Wildman–Crippen LogP) is 3.89. The van der Waals surface area contributed by atoms with Crippen LogP contribution >= 0.6 is 27.5 Å². The normalized spacial score (nSPS) is 23.1. The number of benzene rings is 1. The molecule has 2 atom stereocenters. The minimum absolute atomic E-state index is 0.0767. The van der Waals surface area contributed by atoms with Gasteiger partial charge in [-0.1, -0.05) is 31.5 Å². The fraction of sp³-hybridized carbons (Fsp3) is 0.467. The van der Waals surface area contributed by atoms with Crippen molar-refractivity contribution in [1.82, 2.24) is 5.32 Å². The Balaban J connectivity index is 2.34. The van der Waals surface area contributed by atoms with Gasteiger partial charge in [-0.3, -0.25) is 14.9 Å². The summed E-state index contributed by atoms with van der Waals surface area (Å²) >= 11 is 9.40. The van der Waals surface area contributed by atoms with Gasteiger partial charge < -0.3 is 0 Å². The largest absolute Gasteiger partial charge is 0.296 e. The number of carbonyl (C=O) groups is 2. The fourth-order valence-corrected chi connectivity index (χ4v) is 3.19. The van der Waals surface area contributed by atoms with Crippen LogP contribution < -0.4 is 5.32 Å². The lowest BCUT2D eigenvalue weighted by molar-refractivity contribution is -0.137. The molecule has 1 aliphatic rings. The van der Waals surface area contributed by atoms with E-state index >= 15 is 0 Å². The van der Waals surface area contributed by atoms with E-state index in [2.05, 4.69) is 35.1 Å². The monoisotopic (exact) mass is 357 g/mol.